The minimum Gasteiger partial charge on any atom is -0.497 e. The molecule has 1 unspecified atom stereocenters. The Morgan fingerprint density at radius 1 is 1.15 bits per heavy atom. The molecule has 0 amide bonds. The number of nitrogens with zero attached hydrogens (tertiary/aromatic N) is 1. The minimum atomic E-state index is 0.643. The Morgan fingerprint density at radius 3 is 2.50 bits per heavy atom. The molecular formula is C18H27NO. The molecule has 2 nitrogen and oxygen atoms in total. The molecule has 1 aromatic carbocycles. The molecule has 1 aliphatic carbocycles. The van der Waals surface area contributed by atoms with E-state index in [0.717, 1.165) is 18.3 Å². The summed E-state index contributed by atoms with van der Waals surface area (Å²) in [7, 11) is 1.73. The Bertz CT molecular complexity index is 433. The van der Waals surface area contributed by atoms with Crippen LogP contribution >= 0.6 is 0 Å². The van der Waals surface area contributed by atoms with E-state index in [9.17, 15) is 0 Å². The van der Waals surface area contributed by atoms with Crippen molar-refractivity contribution in [3.63, 3.8) is 0 Å². The highest BCUT2D eigenvalue weighted by Crippen LogP contribution is 2.46. The van der Waals surface area contributed by atoms with Crippen molar-refractivity contribution in [1.29, 1.82) is 0 Å². The van der Waals surface area contributed by atoms with Crippen LogP contribution in [-0.4, -0.2) is 24.6 Å². The fraction of sp³-hybridized carbons (Fsp3) is 0.667. The maximum absolute atomic E-state index is 5.24. The predicted octanol–water partition coefficient (Wildman–Crippen LogP) is 4.24. The monoisotopic (exact) mass is 273 g/mol. The summed E-state index contributed by atoms with van der Waals surface area (Å²) in [4.78, 5) is 2.69. The smallest absolute Gasteiger partial charge is 0.118 e. The van der Waals surface area contributed by atoms with E-state index in [1.165, 1.54) is 50.6 Å². The van der Waals surface area contributed by atoms with Crippen LogP contribution < -0.4 is 4.74 Å². The molecule has 2 fully saturated rings. The molecule has 2 heteroatoms. The molecular weight excluding hydrogens is 246 g/mol. The average molecular weight is 273 g/mol. The molecule has 1 atom stereocenters. The summed E-state index contributed by atoms with van der Waals surface area (Å²) in [6, 6.07) is 9.29. The molecule has 20 heavy (non-hydrogen) atoms. The van der Waals surface area contributed by atoms with Crippen LogP contribution in [0.3, 0.4) is 0 Å². The van der Waals surface area contributed by atoms with E-state index in [4.69, 9.17) is 4.74 Å². The zero-order valence-corrected chi connectivity index (χ0v) is 12.9. The number of likely N-dealkylation sites (tertiary alicyclic amines) is 1. The van der Waals surface area contributed by atoms with Crippen molar-refractivity contribution in [2.24, 2.45) is 5.41 Å². The molecule has 0 radical (unpaired) electrons. The molecule has 2 aliphatic rings. The van der Waals surface area contributed by atoms with E-state index in [2.05, 4.69) is 36.1 Å². The van der Waals surface area contributed by atoms with Crippen LogP contribution in [0.5, 0.6) is 5.75 Å². The van der Waals surface area contributed by atoms with Crippen LogP contribution in [0.1, 0.15) is 51.0 Å². The molecule has 0 aromatic heterocycles. The first-order valence-electron chi connectivity index (χ1n) is 8.08. The van der Waals surface area contributed by atoms with Gasteiger partial charge >= 0.3 is 0 Å². The third-order valence-corrected chi connectivity index (χ3v) is 5.35. The first-order chi connectivity index (χ1) is 9.71. The fourth-order valence-corrected chi connectivity index (χ4v) is 4.25. The summed E-state index contributed by atoms with van der Waals surface area (Å²) >= 11 is 0. The molecule has 0 N–H and O–H groups in total. The first kappa shape index (κ1) is 13.9. The lowest BCUT2D eigenvalue weighted by Crippen LogP contribution is -2.30. The van der Waals surface area contributed by atoms with E-state index in [1.807, 2.05) is 0 Å². The topological polar surface area (TPSA) is 12.5 Å². The van der Waals surface area contributed by atoms with Gasteiger partial charge in [-0.05, 0) is 49.3 Å². The van der Waals surface area contributed by atoms with Crippen molar-refractivity contribution in [3.05, 3.63) is 29.8 Å². The van der Waals surface area contributed by atoms with Gasteiger partial charge in [0.05, 0.1) is 7.11 Å². The second-order valence-corrected chi connectivity index (χ2v) is 6.87. The highest BCUT2D eigenvalue weighted by molar-refractivity contribution is 5.27. The van der Waals surface area contributed by atoms with Crippen molar-refractivity contribution in [1.82, 2.24) is 4.90 Å². The molecule has 1 saturated carbocycles. The minimum absolute atomic E-state index is 0.643. The summed E-state index contributed by atoms with van der Waals surface area (Å²) in [5.41, 5.74) is 2.05. The van der Waals surface area contributed by atoms with Crippen LogP contribution in [0.4, 0.5) is 0 Å². The van der Waals surface area contributed by atoms with Gasteiger partial charge in [0, 0.05) is 19.1 Å². The van der Waals surface area contributed by atoms with Crippen LogP contribution in [-0.2, 0) is 6.54 Å². The largest absolute Gasteiger partial charge is 0.497 e. The van der Waals surface area contributed by atoms with Gasteiger partial charge in [0.1, 0.15) is 5.75 Å². The van der Waals surface area contributed by atoms with E-state index in [-0.39, 0.29) is 0 Å². The van der Waals surface area contributed by atoms with Gasteiger partial charge in [-0.25, -0.2) is 0 Å². The van der Waals surface area contributed by atoms with Gasteiger partial charge in [-0.2, -0.15) is 0 Å². The summed E-state index contributed by atoms with van der Waals surface area (Å²) in [5, 5.41) is 0. The Hall–Kier alpha value is -1.02. The van der Waals surface area contributed by atoms with Gasteiger partial charge < -0.3 is 4.74 Å². The quantitative estimate of drug-likeness (QED) is 0.816. The maximum Gasteiger partial charge on any atom is 0.118 e. The maximum atomic E-state index is 5.24. The third-order valence-electron chi connectivity index (χ3n) is 5.35. The average Bonchev–Trinajstić information content (AvgIpc) is 2.76. The van der Waals surface area contributed by atoms with Gasteiger partial charge in [0.2, 0.25) is 0 Å². The van der Waals surface area contributed by atoms with Crippen LogP contribution in [0.15, 0.2) is 24.3 Å². The summed E-state index contributed by atoms with van der Waals surface area (Å²) in [5.74, 6) is 0.951. The van der Waals surface area contributed by atoms with Crippen molar-refractivity contribution in [2.75, 3.05) is 13.7 Å². The SMILES string of the molecule is COc1ccc(CN2CC3(CCCCC3)CC2C)cc1. The number of hydrogen-bond acceptors (Lipinski definition) is 2. The lowest BCUT2D eigenvalue weighted by molar-refractivity contribution is 0.181. The van der Waals surface area contributed by atoms with Crippen molar-refractivity contribution >= 4 is 0 Å². The number of hydrogen-bond donors (Lipinski definition) is 0. The molecule has 0 bridgehead atoms. The molecule has 1 heterocycles. The Morgan fingerprint density at radius 2 is 1.85 bits per heavy atom. The highest BCUT2D eigenvalue weighted by Gasteiger charge is 2.42. The zero-order valence-electron chi connectivity index (χ0n) is 12.9. The standard InChI is InChI=1S/C18H27NO/c1-15-12-18(10-4-3-5-11-18)14-19(15)13-16-6-8-17(20-2)9-7-16/h6-9,15H,3-5,10-14H2,1-2H3. The van der Waals surface area contributed by atoms with Gasteiger partial charge in [0.15, 0.2) is 0 Å². The molecule has 3 rings (SSSR count). The van der Waals surface area contributed by atoms with E-state index in [1.54, 1.807) is 7.11 Å². The Labute approximate surface area is 123 Å². The molecule has 1 aliphatic heterocycles. The number of methoxy groups -OCH3 is 1. The van der Waals surface area contributed by atoms with Crippen molar-refractivity contribution in [2.45, 2.75) is 58.0 Å². The molecule has 1 saturated heterocycles. The summed E-state index contributed by atoms with van der Waals surface area (Å²) in [6.45, 7) is 4.81. The van der Waals surface area contributed by atoms with Crippen LogP contribution in [0.2, 0.25) is 0 Å². The lowest BCUT2D eigenvalue weighted by Gasteiger charge is -2.33. The normalized spacial score (nSPS) is 26.0. The number of rotatable bonds is 3. The zero-order chi connectivity index (χ0) is 14.0. The Balaban J connectivity index is 1.65. The van der Waals surface area contributed by atoms with Gasteiger partial charge in [0.25, 0.3) is 0 Å². The van der Waals surface area contributed by atoms with Gasteiger partial charge in [-0.15, -0.1) is 0 Å². The Kier molecular flexibility index (Phi) is 4.02. The third kappa shape index (κ3) is 2.85. The second-order valence-electron chi connectivity index (χ2n) is 6.87. The lowest BCUT2D eigenvalue weighted by atomic mass is 9.73. The fourth-order valence-electron chi connectivity index (χ4n) is 4.25. The second kappa shape index (κ2) is 5.77. The molecule has 1 spiro atoms. The van der Waals surface area contributed by atoms with Crippen LogP contribution in [0, 0.1) is 5.41 Å². The van der Waals surface area contributed by atoms with E-state index >= 15 is 0 Å². The predicted molar refractivity (Wildman–Crippen MR) is 83.0 cm³/mol. The number of benzene rings is 1. The summed E-state index contributed by atoms with van der Waals surface area (Å²) in [6.07, 6.45) is 8.66. The highest BCUT2D eigenvalue weighted by atomic mass is 16.5. The van der Waals surface area contributed by atoms with E-state index in [0.29, 0.717) is 5.41 Å². The van der Waals surface area contributed by atoms with Crippen molar-refractivity contribution in [3.8, 4) is 5.75 Å². The summed E-state index contributed by atoms with van der Waals surface area (Å²) < 4.78 is 5.24. The van der Waals surface area contributed by atoms with Gasteiger partial charge in [-0.3, -0.25) is 4.90 Å². The van der Waals surface area contributed by atoms with Crippen molar-refractivity contribution < 1.29 is 4.74 Å². The molecule has 110 valence electrons. The number of ether oxygens (including phenoxy) is 1. The molecule has 1 aromatic rings. The first-order valence-corrected chi connectivity index (χ1v) is 8.08. The van der Waals surface area contributed by atoms with E-state index < -0.39 is 0 Å². The van der Waals surface area contributed by atoms with Gasteiger partial charge in [-0.1, -0.05) is 31.4 Å². The van der Waals surface area contributed by atoms with Crippen LogP contribution in [0.25, 0.3) is 0 Å².